The maximum Gasteiger partial charge on any atom is 0.460 e. The molecule has 0 radical (unpaired) electrons. The van der Waals surface area contributed by atoms with Crippen LogP contribution in [-0.2, 0) is 10.1 Å². The molecule has 0 fully saturated rings. The van der Waals surface area contributed by atoms with E-state index in [0.717, 1.165) is 11.0 Å². The molecule has 0 aliphatic heterocycles. The minimum Gasteiger partial charge on any atom is -0.391 e. The highest BCUT2D eigenvalue weighted by molar-refractivity contribution is 7.87. The van der Waals surface area contributed by atoms with Crippen LogP contribution in [0, 0.1) is 0 Å². The molecule has 0 aliphatic carbocycles. The first-order chi connectivity index (χ1) is 13.6. The van der Waals surface area contributed by atoms with Crippen LogP contribution in [0.25, 0.3) is 0 Å². The lowest BCUT2D eigenvalue weighted by Crippen LogP contribution is -2.63. The van der Waals surface area contributed by atoms with Crippen molar-refractivity contribution in [3.05, 3.63) is 0 Å². The lowest BCUT2D eigenvalue weighted by atomic mass is 10.1. The molecule has 0 unspecified atom stereocenters. The Morgan fingerprint density at radius 1 is 0.742 bits per heavy atom. The number of aliphatic hydroxyl groups is 1. The number of alkyl halides is 9. The normalized spacial score (nSPS) is 14.3. The molecule has 0 amide bonds. The monoisotopic (exact) mass is 502 g/mol. The van der Waals surface area contributed by atoms with Crippen LogP contribution in [0.5, 0.6) is 0 Å². The van der Waals surface area contributed by atoms with Crippen LogP contribution in [0.15, 0.2) is 0 Å². The van der Waals surface area contributed by atoms with Crippen LogP contribution >= 0.6 is 0 Å². The smallest absolute Gasteiger partial charge is 0.391 e. The van der Waals surface area contributed by atoms with Gasteiger partial charge in [0.2, 0.25) is 0 Å². The number of hydrogen-bond donors (Lipinski definition) is 2. The van der Waals surface area contributed by atoms with E-state index in [1.54, 1.807) is 0 Å². The fourth-order valence-electron chi connectivity index (χ4n) is 2.23. The average Bonchev–Trinajstić information content (AvgIpc) is 2.56. The first kappa shape index (κ1) is 32.4. The Bertz CT molecular complexity index is 623. The van der Waals surface area contributed by atoms with E-state index in [1.165, 1.54) is 45.1 Å². The largest absolute Gasteiger partial charge is 0.460 e. The summed E-state index contributed by atoms with van der Waals surface area (Å²) in [5, 5.41) is 1.86. The van der Waals surface area contributed by atoms with Gasteiger partial charge in [-0.3, -0.25) is 4.55 Å². The highest BCUT2D eigenvalue weighted by atomic mass is 32.2. The summed E-state index contributed by atoms with van der Waals surface area (Å²) < 4.78 is 135. The molecule has 31 heavy (non-hydrogen) atoms. The minimum atomic E-state index is -7.37. The number of aliphatic hydroxyl groups excluding tert-OH is 1. The molecule has 0 aromatic heterocycles. The van der Waals surface area contributed by atoms with Crippen molar-refractivity contribution in [2.45, 2.75) is 68.7 Å². The molecule has 0 atom stereocenters. The molecule has 5 nitrogen and oxygen atoms in total. The molecular weight excluding hydrogens is 473 g/mol. The van der Waals surface area contributed by atoms with Crippen molar-refractivity contribution in [2.75, 3.05) is 33.8 Å². The number of hydrogen-bond acceptors (Lipinski definition) is 3. The summed E-state index contributed by atoms with van der Waals surface area (Å²) in [7, 11) is -2.77. The number of unbranched alkanes of at least 4 members (excludes halogenated alkanes) is 5. The van der Waals surface area contributed by atoms with E-state index in [9.17, 15) is 47.9 Å². The van der Waals surface area contributed by atoms with Crippen molar-refractivity contribution < 1.29 is 62.1 Å². The summed E-state index contributed by atoms with van der Waals surface area (Å²) in [4.78, 5) is 0. The van der Waals surface area contributed by atoms with Gasteiger partial charge in [-0.25, -0.2) is 0 Å². The number of quaternary nitrogens is 1. The van der Waals surface area contributed by atoms with Gasteiger partial charge in [-0.2, -0.15) is 47.9 Å². The van der Waals surface area contributed by atoms with Crippen LogP contribution in [-0.4, -0.2) is 79.6 Å². The van der Waals surface area contributed by atoms with E-state index in [2.05, 4.69) is 21.0 Å². The van der Waals surface area contributed by atoms with Gasteiger partial charge >= 0.3 is 33.4 Å². The van der Waals surface area contributed by atoms with E-state index in [0.29, 0.717) is 6.61 Å². The van der Waals surface area contributed by atoms with E-state index >= 15 is 0 Å². The lowest BCUT2D eigenvalue weighted by Gasteiger charge is -2.31. The molecule has 0 aliphatic rings. The zero-order valence-electron chi connectivity index (χ0n) is 17.3. The molecule has 190 valence electrons. The van der Waals surface area contributed by atoms with E-state index in [1.807, 2.05) is 0 Å². The predicted octanol–water partition coefficient (Wildman–Crippen LogP) is 4.72. The van der Waals surface area contributed by atoms with Crippen molar-refractivity contribution in [3.63, 3.8) is 0 Å². The van der Waals surface area contributed by atoms with Crippen molar-refractivity contribution in [1.29, 1.82) is 0 Å². The first-order valence-corrected chi connectivity index (χ1v) is 10.7. The molecule has 0 saturated heterocycles. The fraction of sp³-hybridized carbons (Fsp3) is 1.00. The maximum absolute atomic E-state index is 12.2. The molecule has 0 aromatic rings. The molecule has 0 aromatic carbocycles. The van der Waals surface area contributed by atoms with Gasteiger partial charge in [-0.05, 0) is 12.8 Å². The number of halogens is 9. The quantitative estimate of drug-likeness (QED) is 0.175. The topological polar surface area (TPSA) is 74.6 Å². The molecule has 2 N–H and O–H groups in total. The van der Waals surface area contributed by atoms with Crippen molar-refractivity contribution >= 4 is 10.1 Å². The highest BCUT2D eigenvalue weighted by Gasteiger charge is 2.85. The van der Waals surface area contributed by atoms with E-state index < -0.39 is 33.4 Å². The summed E-state index contributed by atoms with van der Waals surface area (Å²) in [5.41, 5.74) is 0. The first-order valence-electron chi connectivity index (χ1n) is 9.22. The van der Waals surface area contributed by atoms with Crippen molar-refractivity contribution in [1.82, 2.24) is 0 Å². The van der Waals surface area contributed by atoms with Crippen LogP contribution in [0.4, 0.5) is 39.5 Å². The van der Waals surface area contributed by atoms with Crippen molar-refractivity contribution in [3.8, 4) is 0 Å². The van der Waals surface area contributed by atoms with Gasteiger partial charge in [-0.15, -0.1) is 0 Å². The molecule has 0 bridgehead atoms. The minimum absolute atomic E-state index is 0.308. The van der Waals surface area contributed by atoms with Crippen molar-refractivity contribution in [2.24, 2.45) is 0 Å². The van der Waals surface area contributed by atoms with Gasteiger partial charge in [0.05, 0.1) is 27.2 Å². The number of likely N-dealkylation sites (N-methyl/N-ethyl adjacent to an activating group) is 1. The highest BCUT2D eigenvalue weighted by Crippen LogP contribution is 2.54. The molecule has 0 spiro atoms. The third kappa shape index (κ3) is 9.30. The van der Waals surface area contributed by atoms with Crippen LogP contribution in [0.3, 0.4) is 0 Å². The Morgan fingerprint density at radius 3 is 1.52 bits per heavy atom. The molecular formula is C16H29F9NO4S+. The van der Waals surface area contributed by atoms with Gasteiger partial charge in [0, 0.05) is 0 Å². The third-order valence-electron chi connectivity index (χ3n) is 4.26. The van der Waals surface area contributed by atoms with Gasteiger partial charge < -0.3 is 9.59 Å². The summed E-state index contributed by atoms with van der Waals surface area (Å²) in [6, 6.07) is 0. The average molecular weight is 502 g/mol. The Kier molecular flexibility index (Phi) is 12.4. The third-order valence-corrected chi connectivity index (χ3v) is 5.17. The fourth-order valence-corrected chi connectivity index (χ4v) is 2.68. The van der Waals surface area contributed by atoms with Crippen LogP contribution < -0.4 is 0 Å². The van der Waals surface area contributed by atoms with E-state index in [-0.39, 0.29) is 0 Å². The SMILES string of the molecule is CCCCCCCC[N+](C)(C)CCO.O=S(=O)(O)C(F)(F)C(F)(F)C(F)(F)C(F)(F)F. The van der Waals surface area contributed by atoms with Gasteiger partial charge in [0.25, 0.3) is 0 Å². The zero-order valence-corrected chi connectivity index (χ0v) is 18.1. The number of rotatable bonds is 12. The van der Waals surface area contributed by atoms with Gasteiger partial charge in [0.15, 0.2) is 0 Å². The second-order valence-electron chi connectivity index (χ2n) is 7.51. The second-order valence-corrected chi connectivity index (χ2v) is 8.98. The summed E-state index contributed by atoms with van der Waals surface area (Å²) in [5.74, 6) is -14.7. The van der Waals surface area contributed by atoms with E-state index in [4.69, 9.17) is 9.66 Å². The standard InChI is InChI=1S/C12H28NO.C4HF9O3S/c1-4-5-6-7-8-9-10-13(2,3)11-12-14;5-1(6,3(9,10)11)2(7,8)4(12,13)17(14,15)16/h14H,4-12H2,1-3H3;(H,14,15,16)/q+1;. The zero-order chi connectivity index (χ0) is 25.4. The summed E-state index contributed by atoms with van der Waals surface area (Å²) >= 11 is 0. The Hall–Kier alpha value is -0.800. The molecule has 0 saturated carbocycles. The Labute approximate surface area is 175 Å². The van der Waals surface area contributed by atoms with Gasteiger partial charge in [0.1, 0.15) is 6.54 Å². The predicted molar refractivity (Wildman–Crippen MR) is 94.7 cm³/mol. The maximum atomic E-state index is 12.2. The Balaban J connectivity index is 0. The Morgan fingerprint density at radius 2 is 1.16 bits per heavy atom. The van der Waals surface area contributed by atoms with Crippen LogP contribution in [0.2, 0.25) is 0 Å². The molecule has 0 heterocycles. The second kappa shape index (κ2) is 11.9. The lowest BCUT2D eigenvalue weighted by molar-refractivity contribution is -0.890. The number of nitrogens with zero attached hydrogens (tertiary/aromatic N) is 1. The van der Waals surface area contributed by atoms with Crippen LogP contribution in [0.1, 0.15) is 45.4 Å². The summed E-state index contributed by atoms with van der Waals surface area (Å²) in [6.45, 7) is 4.64. The molecule has 0 rings (SSSR count). The molecule has 15 heteroatoms. The van der Waals surface area contributed by atoms with Gasteiger partial charge in [-0.1, -0.05) is 32.6 Å². The summed E-state index contributed by atoms with van der Waals surface area (Å²) in [6.07, 6.45) is 1.01.